The van der Waals surface area contributed by atoms with E-state index in [1.807, 2.05) is 11.3 Å². The Morgan fingerprint density at radius 1 is 0.882 bits per heavy atom. The van der Waals surface area contributed by atoms with Crippen molar-refractivity contribution in [2.75, 3.05) is 0 Å². The van der Waals surface area contributed by atoms with E-state index in [0.717, 1.165) is 0 Å². The lowest BCUT2D eigenvalue weighted by atomic mass is 10.1. The van der Waals surface area contributed by atoms with E-state index in [-0.39, 0.29) is 0 Å². The van der Waals surface area contributed by atoms with Crippen molar-refractivity contribution in [1.29, 1.82) is 0 Å². The first kappa shape index (κ1) is 10.5. The van der Waals surface area contributed by atoms with Crippen LogP contribution in [0.4, 0.5) is 0 Å². The highest BCUT2D eigenvalue weighted by molar-refractivity contribution is 7.22. The van der Waals surface area contributed by atoms with Crippen LogP contribution < -0.4 is 0 Å². The molecule has 1 heteroatoms. The van der Waals surface area contributed by atoms with E-state index in [1.165, 1.54) is 31.7 Å². The molecular weight excluding hydrogens is 224 g/mol. The van der Waals surface area contributed by atoms with E-state index in [9.17, 15) is 0 Å². The molecule has 0 spiro atoms. The molecule has 3 aromatic rings. The molecule has 0 saturated carbocycles. The SMILES string of the molecule is Cc1ccc2c(C)c(-c3ccccc3)sc2c1. The van der Waals surface area contributed by atoms with Gasteiger partial charge in [0, 0.05) is 9.58 Å². The lowest BCUT2D eigenvalue weighted by Crippen LogP contribution is -1.75. The van der Waals surface area contributed by atoms with Crippen LogP contribution >= 0.6 is 11.3 Å². The maximum Gasteiger partial charge on any atom is 0.0384 e. The molecule has 0 aliphatic carbocycles. The van der Waals surface area contributed by atoms with E-state index >= 15 is 0 Å². The van der Waals surface area contributed by atoms with E-state index in [1.54, 1.807) is 0 Å². The Morgan fingerprint density at radius 3 is 2.41 bits per heavy atom. The Balaban J connectivity index is 2.28. The van der Waals surface area contributed by atoms with Gasteiger partial charge in [0.05, 0.1) is 0 Å². The fourth-order valence-corrected chi connectivity index (χ4v) is 3.51. The molecular formula is C16H14S. The second kappa shape index (κ2) is 4.01. The molecule has 0 nitrogen and oxygen atoms in total. The van der Waals surface area contributed by atoms with Gasteiger partial charge in [-0.2, -0.15) is 0 Å². The summed E-state index contributed by atoms with van der Waals surface area (Å²) in [5.41, 5.74) is 4.05. The second-order valence-electron chi connectivity index (χ2n) is 4.42. The summed E-state index contributed by atoms with van der Waals surface area (Å²) in [6, 6.07) is 17.3. The minimum absolute atomic E-state index is 1.32. The van der Waals surface area contributed by atoms with Gasteiger partial charge < -0.3 is 0 Å². The molecule has 0 saturated heterocycles. The predicted molar refractivity (Wildman–Crippen MR) is 76.7 cm³/mol. The summed E-state index contributed by atoms with van der Waals surface area (Å²) in [5.74, 6) is 0. The molecule has 84 valence electrons. The molecule has 0 fully saturated rings. The molecule has 0 aliphatic rings. The number of benzene rings is 2. The fraction of sp³-hybridized carbons (Fsp3) is 0.125. The second-order valence-corrected chi connectivity index (χ2v) is 5.47. The lowest BCUT2D eigenvalue weighted by Gasteiger charge is -1.98. The number of fused-ring (bicyclic) bond motifs is 1. The summed E-state index contributed by atoms with van der Waals surface area (Å²) < 4.78 is 1.39. The normalized spacial score (nSPS) is 10.9. The fourth-order valence-electron chi connectivity index (χ4n) is 2.20. The van der Waals surface area contributed by atoms with E-state index in [2.05, 4.69) is 62.4 Å². The molecule has 3 rings (SSSR count). The van der Waals surface area contributed by atoms with Crippen molar-refractivity contribution in [3.05, 3.63) is 59.7 Å². The van der Waals surface area contributed by atoms with Crippen LogP contribution in [0.25, 0.3) is 20.5 Å². The van der Waals surface area contributed by atoms with Crippen LogP contribution in [-0.2, 0) is 0 Å². The molecule has 2 aromatic carbocycles. The van der Waals surface area contributed by atoms with Crippen LogP contribution in [0.2, 0.25) is 0 Å². The molecule has 0 radical (unpaired) electrons. The molecule has 17 heavy (non-hydrogen) atoms. The predicted octanol–water partition coefficient (Wildman–Crippen LogP) is 5.19. The van der Waals surface area contributed by atoms with Gasteiger partial charge in [0.1, 0.15) is 0 Å². The van der Waals surface area contributed by atoms with Gasteiger partial charge in [0.25, 0.3) is 0 Å². The topological polar surface area (TPSA) is 0 Å². The smallest absolute Gasteiger partial charge is 0.0384 e. The van der Waals surface area contributed by atoms with Crippen molar-refractivity contribution in [1.82, 2.24) is 0 Å². The van der Waals surface area contributed by atoms with Gasteiger partial charge in [-0.25, -0.2) is 0 Å². The van der Waals surface area contributed by atoms with Gasteiger partial charge in [-0.3, -0.25) is 0 Å². The standard InChI is InChI=1S/C16H14S/c1-11-8-9-14-12(2)16(17-15(14)10-11)13-6-4-3-5-7-13/h3-10H,1-2H3. The largest absolute Gasteiger partial charge is 0.135 e. The Labute approximate surface area is 106 Å². The van der Waals surface area contributed by atoms with E-state index in [0.29, 0.717) is 0 Å². The Bertz CT molecular complexity index is 663. The summed E-state index contributed by atoms with van der Waals surface area (Å²) in [7, 11) is 0. The first-order chi connectivity index (χ1) is 8.25. The highest BCUT2D eigenvalue weighted by atomic mass is 32.1. The first-order valence-corrected chi connectivity index (χ1v) is 6.62. The quantitative estimate of drug-likeness (QED) is 0.547. The molecule has 0 N–H and O–H groups in total. The van der Waals surface area contributed by atoms with Crippen molar-refractivity contribution >= 4 is 21.4 Å². The van der Waals surface area contributed by atoms with Crippen molar-refractivity contribution in [3.63, 3.8) is 0 Å². The van der Waals surface area contributed by atoms with Crippen molar-refractivity contribution in [3.8, 4) is 10.4 Å². The maximum absolute atomic E-state index is 2.28. The van der Waals surface area contributed by atoms with Gasteiger partial charge in [0.2, 0.25) is 0 Å². The van der Waals surface area contributed by atoms with Gasteiger partial charge in [-0.15, -0.1) is 11.3 Å². The van der Waals surface area contributed by atoms with E-state index < -0.39 is 0 Å². The third kappa shape index (κ3) is 1.77. The third-order valence-corrected chi connectivity index (χ3v) is 4.43. The maximum atomic E-state index is 2.28. The minimum Gasteiger partial charge on any atom is -0.135 e. The lowest BCUT2D eigenvalue weighted by molar-refractivity contribution is 1.50. The molecule has 0 bridgehead atoms. The monoisotopic (exact) mass is 238 g/mol. The van der Waals surface area contributed by atoms with Crippen molar-refractivity contribution < 1.29 is 0 Å². The van der Waals surface area contributed by atoms with Gasteiger partial charge in [-0.05, 0) is 42.0 Å². The molecule has 0 aliphatic heterocycles. The zero-order valence-electron chi connectivity index (χ0n) is 10.0. The third-order valence-electron chi connectivity index (χ3n) is 3.13. The number of hydrogen-bond donors (Lipinski definition) is 0. The van der Waals surface area contributed by atoms with Crippen LogP contribution in [0.5, 0.6) is 0 Å². The average molecular weight is 238 g/mol. The molecule has 1 heterocycles. The van der Waals surface area contributed by atoms with Crippen LogP contribution in [-0.4, -0.2) is 0 Å². The van der Waals surface area contributed by atoms with Crippen LogP contribution in [0.3, 0.4) is 0 Å². The van der Waals surface area contributed by atoms with Crippen molar-refractivity contribution in [2.45, 2.75) is 13.8 Å². The number of thiophene rings is 1. The average Bonchev–Trinajstić information content (AvgIpc) is 2.67. The summed E-state index contributed by atoms with van der Waals surface area (Å²) in [6.45, 7) is 4.37. The molecule has 0 amide bonds. The summed E-state index contributed by atoms with van der Waals surface area (Å²) >= 11 is 1.89. The van der Waals surface area contributed by atoms with Crippen LogP contribution in [0.15, 0.2) is 48.5 Å². The zero-order chi connectivity index (χ0) is 11.8. The highest BCUT2D eigenvalue weighted by Gasteiger charge is 2.09. The van der Waals surface area contributed by atoms with Gasteiger partial charge in [0.15, 0.2) is 0 Å². The van der Waals surface area contributed by atoms with E-state index in [4.69, 9.17) is 0 Å². The van der Waals surface area contributed by atoms with Crippen LogP contribution in [0, 0.1) is 13.8 Å². The Hall–Kier alpha value is -1.60. The zero-order valence-corrected chi connectivity index (χ0v) is 10.8. The summed E-state index contributed by atoms with van der Waals surface area (Å²) in [6.07, 6.45) is 0. The summed E-state index contributed by atoms with van der Waals surface area (Å²) in [5, 5.41) is 1.39. The number of rotatable bonds is 1. The molecule has 0 unspecified atom stereocenters. The molecule has 1 aromatic heterocycles. The van der Waals surface area contributed by atoms with Gasteiger partial charge in [-0.1, -0.05) is 42.5 Å². The highest BCUT2D eigenvalue weighted by Crippen LogP contribution is 2.38. The Kier molecular flexibility index (Phi) is 2.49. The van der Waals surface area contributed by atoms with Crippen molar-refractivity contribution in [2.24, 2.45) is 0 Å². The molecule has 0 atom stereocenters. The van der Waals surface area contributed by atoms with Crippen LogP contribution in [0.1, 0.15) is 11.1 Å². The Morgan fingerprint density at radius 2 is 1.65 bits per heavy atom. The summed E-state index contributed by atoms with van der Waals surface area (Å²) in [4.78, 5) is 1.39. The number of hydrogen-bond acceptors (Lipinski definition) is 1. The first-order valence-electron chi connectivity index (χ1n) is 5.81. The minimum atomic E-state index is 1.32. The van der Waals surface area contributed by atoms with Gasteiger partial charge >= 0.3 is 0 Å². The number of aryl methyl sites for hydroxylation is 2.